The molecule has 16 heteroatoms. The fourth-order valence-electron chi connectivity index (χ4n) is 4.78. The highest BCUT2D eigenvalue weighted by molar-refractivity contribution is 5.95. The molecule has 4 amide bonds. The maximum Gasteiger partial charge on any atom is 0.490 e. The number of carboxylic acid groups (broad SMARTS) is 1. The van der Waals surface area contributed by atoms with E-state index in [1.807, 2.05) is 24.3 Å². The number of primary amides is 1. The second kappa shape index (κ2) is 15.1. The van der Waals surface area contributed by atoms with E-state index in [0.29, 0.717) is 19.4 Å². The summed E-state index contributed by atoms with van der Waals surface area (Å²) in [5.74, 6) is -4.72. The standard InChI is InChI=1S/C27H32N6O5.C2HF3O2/c28-20(12-16-7-9-18(34)10-8-16)27(38)33-11-3-6-23(33)26(37)32-22(25(36)31-15-24(29)35)13-17-14-30-21-5-2-1-4-19(17)21;3-2(4,5)1(6)7/h1-2,4-5,7-10,14,20,22-23,30,34H,3,6,11-13,15,28H2,(H2,29,35)(H,31,36)(H,32,37);(H,6,7)/t20-,22-,23-;/m0./s1. The third-order valence-electron chi connectivity index (χ3n) is 6.96. The number of nitrogens with one attached hydrogen (secondary N) is 3. The van der Waals surface area contributed by atoms with Crippen LogP contribution in [-0.2, 0) is 36.8 Å². The molecule has 13 nitrogen and oxygen atoms in total. The molecule has 0 saturated carbocycles. The minimum atomic E-state index is -5.08. The molecule has 45 heavy (non-hydrogen) atoms. The Morgan fingerprint density at radius 3 is 2.31 bits per heavy atom. The minimum Gasteiger partial charge on any atom is -0.508 e. The van der Waals surface area contributed by atoms with E-state index in [2.05, 4.69) is 15.6 Å². The number of aliphatic carboxylic acids is 1. The fraction of sp³-hybridized carbons (Fsp3) is 0.345. The molecule has 3 aromatic rings. The molecule has 9 N–H and O–H groups in total. The van der Waals surface area contributed by atoms with Gasteiger partial charge < -0.3 is 42.2 Å². The van der Waals surface area contributed by atoms with E-state index in [1.54, 1.807) is 18.3 Å². The molecule has 2 aromatic carbocycles. The van der Waals surface area contributed by atoms with Crippen molar-refractivity contribution in [2.24, 2.45) is 11.5 Å². The quantitative estimate of drug-likeness (QED) is 0.168. The summed E-state index contributed by atoms with van der Waals surface area (Å²) in [5, 5.41) is 22.8. The highest BCUT2D eigenvalue weighted by atomic mass is 19.4. The number of para-hydroxylation sites is 1. The normalized spacial score (nSPS) is 15.8. The van der Waals surface area contributed by atoms with Gasteiger partial charge in [-0.05, 0) is 48.6 Å². The zero-order valence-electron chi connectivity index (χ0n) is 23.8. The van der Waals surface area contributed by atoms with Crippen LogP contribution in [0.15, 0.2) is 54.7 Å². The van der Waals surface area contributed by atoms with Gasteiger partial charge in [0, 0.05) is 30.1 Å². The van der Waals surface area contributed by atoms with Gasteiger partial charge in [-0.3, -0.25) is 19.2 Å². The number of rotatable bonds is 10. The van der Waals surface area contributed by atoms with Crippen LogP contribution in [0.2, 0.25) is 0 Å². The number of halogens is 3. The number of carboxylic acids is 1. The number of carbonyl (C=O) groups excluding carboxylic acids is 4. The summed E-state index contributed by atoms with van der Waals surface area (Å²) in [7, 11) is 0. The summed E-state index contributed by atoms with van der Waals surface area (Å²) in [5.41, 5.74) is 13.9. The predicted molar refractivity (Wildman–Crippen MR) is 154 cm³/mol. The molecule has 3 atom stereocenters. The average molecular weight is 635 g/mol. The number of aromatic hydroxyl groups is 1. The Kier molecular flexibility index (Phi) is 11.5. The zero-order chi connectivity index (χ0) is 33.3. The summed E-state index contributed by atoms with van der Waals surface area (Å²) in [6.45, 7) is 0.0143. The van der Waals surface area contributed by atoms with Crippen LogP contribution in [0, 0.1) is 0 Å². The van der Waals surface area contributed by atoms with Gasteiger partial charge >= 0.3 is 12.1 Å². The van der Waals surface area contributed by atoms with E-state index in [9.17, 15) is 37.5 Å². The molecule has 1 fully saturated rings. The Hall–Kier alpha value is -5.12. The van der Waals surface area contributed by atoms with Gasteiger partial charge in [-0.1, -0.05) is 30.3 Å². The molecule has 1 saturated heterocycles. The second-order valence-electron chi connectivity index (χ2n) is 10.3. The number of aromatic amines is 1. The Labute approximate surface area is 254 Å². The van der Waals surface area contributed by atoms with Crippen LogP contribution in [0.1, 0.15) is 24.0 Å². The highest BCUT2D eigenvalue weighted by Gasteiger charge is 2.39. The number of amides is 4. The SMILES string of the molecule is NC(=O)CNC(=O)[C@H](Cc1c[nH]c2ccccc12)NC(=O)[C@@H]1CCCN1C(=O)[C@@H](N)Cc1ccc(O)cc1.O=C(O)C(F)(F)F. The number of alkyl halides is 3. The number of benzene rings is 2. The predicted octanol–water partition coefficient (Wildman–Crippen LogP) is 0.697. The third-order valence-corrected chi connectivity index (χ3v) is 6.96. The van der Waals surface area contributed by atoms with E-state index in [0.717, 1.165) is 22.0 Å². The van der Waals surface area contributed by atoms with E-state index in [1.165, 1.54) is 17.0 Å². The highest BCUT2D eigenvalue weighted by Crippen LogP contribution is 2.22. The molecule has 0 bridgehead atoms. The van der Waals surface area contributed by atoms with Gasteiger partial charge in [0.25, 0.3) is 0 Å². The van der Waals surface area contributed by atoms with E-state index in [-0.39, 0.29) is 31.0 Å². The Balaban J connectivity index is 0.000000707. The van der Waals surface area contributed by atoms with Gasteiger partial charge in [0.2, 0.25) is 23.6 Å². The van der Waals surface area contributed by atoms with Crippen molar-refractivity contribution >= 4 is 40.5 Å². The van der Waals surface area contributed by atoms with Gasteiger partial charge in [0.15, 0.2) is 0 Å². The monoisotopic (exact) mass is 634 g/mol. The maximum absolute atomic E-state index is 13.4. The number of carbonyl (C=O) groups is 5. The van der Waals surface area contributed by atoms with Crippen LogP contribution < -0.4 is 22.1 Å². The van der Waals surface area contributed by atoms with Crippen molar-refractivity contribution in [2.45, 2.75) is 50.0 Å². The minimum absolute atomic E-state index is 0.118. The van der Waals surface area contributed by atoms with Gasteiger partial charge in [0.05, 0.1) is 12.6 Å². The molecule has 0 radical (unpaired) electrons. The molecule has 1 aliphatic rings. The fourth-order valence-corrected chi connectivity index (χ4v) is 4.78. The lowest BCUT2D eigenvalue weighted by Gasteiger charge is -2.28. The summed E-state index contributed by atoms with van der Waals surface area (Å²) < 4.78 is 31.7. The molecule has 0 spiro atoms. The molecule has 0 unspecified atom stereocenters. The number of phenolic OH excluding ortho intramolecular Hbond substituents is 1. The Morgan fingerprint density at radius 1 is 1.04 bits per heavy atom. The lowest BCUT2D eigenvalue weighted by Crippen LogP contribution is -2.56. The average Bonchev–Trinajstić information content (AvgIpc) is 3.64. The Bertz CT molecular complexity index is 1530. The molecule has 1 aliphatic heterocycles. The zero-order valence-corrected chi connectivity index (χ0v) is 23.8. The van der Waals surface area contributed by atoms with E-state index < -0.39 is 48.0 Å². The molecule has 242 valence electrons. The van der Waals surface area contributed by atoms with Crippen molar-refractivity contribution in [3.05, 3.63) is 65.9 Å². The third kappa shape index (κ3) is 9.69. The molecule has 1 aromatic heterocycles. The number of nitrogens with two attached hydrogens (primary N) is 2. The lowest BCUT2D eigenvalue weighted by molar-refractivity contribution is -0.192. The number of aromatic nitrogens is 1. The van der Waals surface area contributed by atoms with Crippen molar-refractivity contribution in [3.63, 3.8) is 0 Å². The number of nitrogens with zero attached hydrogens (tertiary/aromatic N) is 1. The van der Waals surface area contributed by atoms with Gasteiger partial charge in [0.1, 0.15) is 17.8 Å². The summed E-state index contributed by atoms with van der Waals surface area (Å²) in [6.07, 6.45) is -1.83. The number of hydrogen-bond acceptors (Lipinski definition) is 7. The first-order valence-electron chi connectivity index (χ1n) is 13.7. The van der Waals surface area contributed by atoms with Crippen molar-refractivity contribution in [2.75, 3.05) is 13.1 Å². The summed E-state index contributed by atoms with van der Waals surface area (Å²) in [6, 6.07) is 11.4. The second-order valence-corrected chi connectivity index (χ2v) is 10.3. The van der Waals surface area contributed by atoms with Crippen molar-refractivity contribution in [3.8, 4) is 5.75 Å². The molecule has 4 rings (SSSR count). The smallest absolute Gasteiger partial charge is 0.490 e. The Morgan fingerprint density at radius 2 is 1.69 bits per heavy atom. The van der Waals surface area contributed by atoms with Crippen molar-refractivity contribution in [1.29, 1.82) is 0 Å². The number of likely N-dealkylation sites (tertiary alicyclic amines) is 1. The van der Waals surface area contributed by atoms with Crippen LogP contribution in [0.3, 0.4) is 0 Å². The maximum atomic E-state index is 13.4. The van der Waals surface area contributed by atoms with Crippen LogP contribution >= 0.6 is 0 Å². The lowest BCUT2D eigenvalue weighted by atomic mass is 10.0. The van der Waals surface area contributed by atoms with E-state index >= 15 is 0 Å². The topological polar surface area (TPSA) is 221 Å². The van der Waals surface area contributed by atoms with E-state index in [4.69, 9.17) is 21.4 Å². The van der Waals surface area contributed by atoms with Crippen LogP contribution in [-0.4, -0.2) is 87.1 Å². The largest absolute Gasteiger partial charge is 0.508 e. The molecular formula is C29H33F3N6O7. The summed E-state index contributed by atoms with van der Waals surface area (Å²) in [4.78, 5) is 64.2. The molecule has 0 aliphatic carbocycles. The van der Waals surface area contributed by atoms with Crippen LogP contribution in [0.4, 0.5) is 13.2 Å². The number of fused-ring (bicyclic) bond motifs is 1. The molecule has 2 heterocycles. The first-order valence-corrected chi connectivity index (χ1v) is 13.7. The van der Waals surface area contributed by atoms with Crippen LogP contribution in [0.25, 0.3) is 10.9 Å². The van der Waals surface area contributed by atoms with Crippen molar-refractivity contribution in [1.82, 2.24) is 20.5 Å². The number of hydrogen-bond donors (Lipinski definition) is 7. The van der Waals surface area contributed by atoms with Crippen LogP contribution in [0.5, 0.6) is 5.75 Å². The van der Waals surface area contributed by atoms with Gasteiger partial charge in [-0.15, -0.1) is 0 Å². The first-order chi connectivity index (χ1) is 21.2. The van der Waals surface area contributed by atoms with Gasteiger partial charge in [-0.2, -0.15) is 13.2 Å². The summed E-state index contributed by atoms with van der Waals surface area (Å²) >= 11 is 0. The van der Waals surface area contributed by atoms with Gasteiger partial charge in [-0.25, -0.2) is 4.79 Å². The number of H-pyrrole nitrogens is 1. The first kappa shape index (κ1) is 34.4. The number of phenols is 1. The van der Waals surface area contributed by atoms with Crippen molar-refractivity contribution < 1.29 is 47.4 Å². The molecular weight excluding hydrogens is 601 g/mol.